The Bertz CT molecular complexity index is 1180. The summed E-state index contributed by atoms with van der Waals surface area (Å²) in [6, 6.07) is 4.04. The molecule has 0 bridgehead atoms. The minimum Gasteiger partial charge on any atom is -0.389 e. The van der Waals surface area contributed by atoms with E-state index in [1.807, 2.05) is 23.4 Å². The van der Waals surface area contributed by atoms with Crippen molar-refractivity contribution in [3.8, 4) is 0 Å². The van der Waals surface area contributed by atoms with Gasteiger partial charge in [-0.15, -0.1) is 0 Å². The minimum atomic E-state index is -3.41. The highest BCUT2D eigenvalue weighted by molar-refractivity contribution is 7.89. The molecule has 30 heavy (non-hydrogen) atoms. The zero-order valence-corrected chi connectivity index (χ0v) is 17.8. The van der Waals surface area contributed by atoms with Crippen LogP contribution in [0.2, 0.25) is 0 Å². The number of pyridine rings is 2. The fourth-order valence-corrected chi connectivity index (χ4v) is 6.20. The van der Waals surface area contributed by atoms with Gasteiger partial charge in [-0.2, -0.15) is 4.31 Å². The summed E-state index contributed by atoms with van der Waals surface area (Å²) in [7, 11) is -3.41. The topological polar surface area (TPSA) is 106 Å². The standard InChI is InChI=1S/C20H26N6O3S/c1-20(27)4-7-26(13-20)30(28,29)14-24-8-10-25(11-9-24)17-3-6-21-16-12-23-19-15(18(16)17)2-5-22-19/h2-3,5-6,12,21,27H,4,7-11,13-14H2,1H3. The first-order valence-electron chi connectivity index (χ1n) is 10.2. The molecule has 0 aromatic carbocycles. The van der Waals surface area contributed by atoms with E-state index in [0.29, 0.717) is 26.1 Å². The molecular weight excluding hydrogens is 404 g/mol. The molecule has 2 saturated heterocycles. The van der Waals surface area contributed by atoms with Crippen LogP contribution in [-0.2, 0) is 10.0 Å². The molecule has 9 nitrogen and oxygen atoms in total. The Kier molecular flexibility index (Phi) is 4.69. The molecule has 3 aromatic heterocycles. The summed E-state index contributed by atoms with van der Waals surface area (Å²) in [4.78, 5) is 16.3. The maximum absolute atomic E-state index is 12.8. The van der Waals surface area contributed by atoms with Crippen LogP contribution in [0.25, 0.3) is 21.9 Å². The van der Waals surface area contributed by atoms with Gasteiger partial charge in [0.25, 0.3) is 0 Å². The van der Waals surface area contributed by atoms with Crippen LogP contribution in [0.5, 0.6) is 0 Å². The Morgan fingerprint density at radius 3 is 2.70 bits per heavy atom. The van der Waals surface area contributed by atoms with Crippen molar-refractivity contribution in [1.29, 1.82) is 0 Å². The van der Waals surface area contributed by atoms with E-state index in [-0.39, 0.29) is 12.4 Å². The van der Waals surface area contributed by atoms with Gasteiger partial charge in [0.15, 0.2) is 5.65 Å². The largest absolute Gasteiger partial charge is 0.389 e. The van der Waals surface area contributed by atoms with Gasteiger partial charge >= 0.3 is 0 Å². The molecule has 0 aliphatic carbocycles. The number of fused-ring (bicyclic) bond motifs is 3. The Morgan fingerprint density at radius 2 is 1.97 bits per heavy atom. The van der Waals surface area contributed by atoms with Crippen LogP contribution < -0.4 is 4.90 Å². The lowest BCUT2D eigenvalue weighted by molar-refractivity contribution is 0.0761. The molecule has 2 fully saturated rings. The van der Waals surface area contributed by atoms with Crippen molar-refractivity contribution in [3.63, 3.8) is 0 Å². The van der Waals surface area contributed by atoms with Gasteiger partial charge in [-0.1, -0.05) is 0 Å². The second kappa shape index (κ2) is 7.16. The number of nitrogens with one attached hydrogen (secondary N) is 1. The van der Waals surface area contributed by atoms with Gasteiger partial charge < -0.3 is 15.0 Å². The van der Waals surface area contributed by atoms with E-state index in [2.05, 4.69) is 25.9 Å². The summed E-state index contributed by atoms with van der Waals surface area (Å²) in [6.07, 6.45) is 5.98. The number of rotatable bonds is 4. The highest BCUT2D eigenvalue weighted by Crippen LogP contribution is 2.31. The predicted octanol–water partition coefficient (Wildman–Crippen LogP) is 0.977. The van der Waals surface area contributed by atoms with Crippen LogP contribution in [0.3, 0.4) is 0 Å². The molecule has 0 radical (unpaired) electrons. The van der Waals surface area contributed by atoms with Crippen LogP contribution in [-0.4, -0.2) is 88.4 Å². The summed E-state index contributed by atoms with van der Waals surface area (Å²) in [5, 5.41) is 12.2. The highest BCUT2D eigenvalue weighted by Gasteiger charge is 2.38. The molecule has 0 spiro atoms. The van der Waals surface area contributed by atoms with Crippen LogP contribution in [0.1, 0.15) is 13.3 Å². The molecule has 1 unspecified atom stereocenters. The summed E-state index contributed by atoms with van der Waals surface area (Å²) < 4.78 is 27.0. The minimum absolute atomic E-state index is 0.00116. The summed E-state index contributed by atoms with van der Waals surface area (Å²) in [6.45, 7) is 5.07. The number of sulfonamides is 1. The van der Waals surface area contributed by atoms with E-state index in [0.717, 1.165) is 40.7 Å². The number of aromatic amines is 1. The summed E-state index contributed by atoms with van der Waals surface area (Å²) in [5.74, 6) is 0.00116. The predicted molar refractivity (Wildman–Crippen MR) is 116 cm³/mol. The first kappa shape index (κ1) is 19.7. The number of anilines is 1. The fourth-order valence-electron chi connectivity index (χ4n) is 4.47. The average Bonchev–Trinajstić information content (AvgIpc) is 3.34. The number of H-pyrrole nitrogens is 1. The summed E-state index contributed by atoms with van der Waals surface area (Å²) in [5.41, 5.74) is 1.88. The third-order valence-electron chi connectivity index (χ3n) is 6.14. The van der Waals surface area contributed by atoms with E-state index in [9.17, 15) is 13.5 Å². The monoisotopic (exact) mass is 430 g/mol. The van der Waals surface area contributed by atoms with Crippen molar-refractivity contribution in [2.24, 2.45) is 0 Å². The molecule has 0 amide bonds. The van der Waals surface area contributed by atoms with E-state index in [1.54, 1.807) is 13.1 Å². The molecular formula is C20H26N6O3S. The van der Waals surface area contributed by atoms with Gasteiger partial charge in [0.2, 0.25) is 10.0 Å². The lowest BCUT2D eigenvalue weighted by Crippen LogP contribution is -2.50. The van der Waals surface area contributed by atoms with Crippen molar-refractivity contribution in [2.45, 2.75) is 18.9 Å². The number of aromatic nitrogens is 3. The van der Waals surface area contributed by atoms with Crippen molar-refractivity contribution in [3.05, 3.63) is 30.7 Å². The average molecular weight is 431 g/mol. The van der Waals surface area contributed by atoms with Gasteiger partial charge in [-0.25, -0.2) is 18.4 Å². The smallest absolute Gasteiger partial charge is 0.227 e. The van der Waals surface area contributed by atoms with Crippen molar-refractivity contribution >= 4 is 37.6 Å². The number of hydrogen-bond acceptors (Lipinski definition) is 7. The van der Waals surface area contributed by atoms with E-state index in [4.69, 9.17) is 0 Å². The van der Waals surface area contributed by atoms with Crippen LogP contribution in [0, 0.1) is 0 Å². The van der Waals surface area contributed by atoms with Crippen molar-refractivity contribution in [1.82, 2.24) is 24.2 Å². The van der Waals surface area contributed by atoms with Crippen molar-refractivity contribution in [2.75, 3.05) is 50.0 Å². The molecule has 5 heterocycles. The number of hydrogen-bond donors (Lipinski definition) is 2. The highest BCUT2D eigenvalue weighted by atomic mass is 32.2. The van der Waals surface area contributed by atoms with E-state index in [1.165, 1.54) is 4.31 Å². The third kappa shape index (κ3) is 3.53. The van der Waals surface area contributed by atoms with E-state index >= 15 is 0 Å². The number of piperazine rings is 1. The molecule has 2 N–H and O–H groups in total. The lowest BCUT2D eigenvalue weighted by atomic mass is 10.1. The number of nitrogens with zero attached hydrogens (tertiary/aromatic N) is 5. The van der Waals surface area contributed by atoms with Crippen LogP contribution in [0.15, 0.2) is 30.7 Å². The van der Waals surface area contributed by atoms with Gasteiger partial charge in [0.05, 0.1) is 17.3 Å². The Balaban J connectivity index is 1.32. The first-order valence-corrected chi connectivity index (χ1v) is 11.8. The molecule has 160 valence electrons. The van der Waals surface area contributed by atoms with Crippen LogP contribution >= 0.6 is 0 Å². The Hall–Kier alpha value is -2.27. The maximum atomic E-state index is 12.8. The Labute approximate surface area is 175 Å². The molecule has 10 heteroatoms. The fraction of sp³-hybridized carbons (Fsp3) is 0.500. The molecule has 2 aliphatic rings. The molecule has 5 rings (SSSR count). The maximum Gasteiger partial charge on any atom is 0.227 e. The lowest BCUT2D eigenvalue weighted by Gasteiger charge is -2.37. The number of β-amino-alcohol motifs (C(OH)–C–C–N with tert-alkyl or cyclic N) is 1. The third-order valence-corrected chi connectivity index (χ3v) is 7.93. The zero-order valence-electron chi connectivity index (χ0n) is 17.0. The number of aliphatic hydroxyl groups is 1. The first-order chi connectivity index (χ1) is 14.3. The zero-order chi connectivity index (χ0) is 20.9. The Morgan fingerprint density at radius 1 is 1.17 bits per heavy atom. The second-order valence-electron chi connectivity index (χ2n) is 8.52. The van der Waals surface area contributed by atoms with Gasteiger partial charge in [-0.05, 0) is 25.5 Å². The molecule has 3 aromatic rings. The SMILES string of the molecule is CC1(O)CCN(S(=O)(=O)CN2CCN(c3cc[nH]c4cnc5nccc5c34)CC2)C1. The van der Waals surface area contributed by atoms with Gasteiger partial charge in [0, 0.05) is 68.1 Å². The molecule has 0 saturated carbocycles. The van der Waals surface area contributed by atoms with Crippen LogP contribution in [0.4, 0.5) is 5.69 Å². The van der Waals surface area contributed by atoms with Gasteiger partial charge in [-0.3, -0.25) is 4.90 Å². The van der Waals surface area contributed by atoms with E-state index < -0.39 is 15.6 Å². The quantitative estimate of drug-likeness (QED) is 0.635. The van der Waals surface area contributed by atoms with Crippen molar-refractivity contribution < 1.29 is 13.5 Å². The molecule has 2 aliphatic heterocycles. The van der Waals surface area contributed by atoms with Gasteiger partial charge in [0.1, 0.15) is 5.88 Å². The second-order valence-corrected chi connectivity index (χ2v) is 10.5. The summed E-state index contributed by atoms with van der Waals surface area (Å²) >= 11 is 0. The normalized spacial score (nSPS) is 24.3. The molecule has 1 atom stereocenters.